The molecule has 9 nitrogen and oxygen atoms in total. The van der Waals surface area contributed by atoms with Crippen LogP contribution in [-0.4, -0.2) is 35.2 Å². The average molecular weight is 468 g/mol. The van der Waals surface area contributed by atoms with Gasteiger partial charge in [-0.15, -0.1) is 0 Å². The van der Waals surface area contributed by atoms with Gasteiger partial charge < -0.3 is 18.3 Å². The van der Waals surface area contributed by atoms with E-state index in [0.29, 0.717) is 33.1 Å². The topological polar surface area (TPSA) is 114 Å². The Bertz CT molecular complexity index is 1360. The highest BCUT2D eigenvalue weighted by Crippen LogP contribution is 2.26. The van der Waals surface area contributed by atoms with Gasteiger partial charge in [0, 0.05) is 0 Å². The van der Waals surface area contributed by atoms with E-state index in [1.54, 1.807) is 31.2 Å². The first-order chi connectivity index (χ1) is 16.0. The molecule has 0 radical (unpaired) electrons. The van der Waals surface area contributed by atoms with Crippen molar-refractivity contribution in [2.24, 2.45) is 0 Å². The summed E-state index contributed by atoms with van der Waals surface area (Å²) in [6, 6.07) is 9.63. The number of furan rings is 2. The van der Waals surface area contributed by atoms with E-state index in [0.717, 1.165) is 0 Å². The number of rotatable bonds is 8. The van der Waals surface area contributed by atoms with Gasteiger partial charge in [0.05, 0.1) is 55.0 Å². The molecule has 0 bridgehead atoms. The van der Waals surface area contributed by atoms with Crippen molar-refractivity contribution in [3.8, 4) is 0 Å². The summed E-state index contributed by atoms with van der Waals surface area (Å²) < 4.78 is 22.2. The van der Waals surface area contributed by atoms with Gasteiger partial charge in [-0.05, 0) is 43.3 Å². The van der Waals surface area contributed by atoms with Crippen molar-refractivity contribution in [2.75, 3.05) is 13.7 Å². The van der Waals surface area contributed by atoms with E-state index in [2.05, 4.69) is 4.98 Å². The van der Waals surface area contributed by atoms with Crippen molar-refractivity contribution in [2.45, 2.75) is 24.4 Å². The molecule has 0 saturated heterocycles. The Balaban J connectivity index is 1.74. The van der Waals surface area contributed by atoms with Crippen molar-refractivity contribution < 1.29 is 27.9 Å². The van der Waals surface area contributed by atoms with Gasteiger partial charge in [-0.25, -0.2) is 14.6 Å². The molecule has 0 fully saturated rings. The summed E-state index contributed by atoms with van der Waals surface area (Å²) in [6.45, 7) is 2.13. The van der Waals surface area contributed by atoms with Gasteiger partial charge in [0.1, 0.15) is 17.1 Å². The van der Waals surface area contributed by atoms with E-state index in [1.165, 1.54) is 48.1 Å². The molecule has 0 atom stereocenters. The highest BCUT2D eigenvalue weighted by Gasteiger charge is 2.19. The lowest BCUT2D eigenvalue weighted by molar-refractivity contribution is 0.0523. The Morgan fingerprint density at radius 1 is 1.12 bits per heavy atom. The quantitative estimate of drug-likeness (QED) is 0.216. The standard InChI is InChI=1S/C23H20N2O7S/c1-3-30-22(28)17-8-10-32-19(17)13-33-23-24-18-11-14(21(27)29-2)6-7-16(18)20(26)25(23)12-15-5-4-9-31-15/h4-11H,3,12-13H2,1-2H3. The van der Waals surface area contributed by atoms with Gasteiger partial charge in [0.15, 0.2) is 5.16 Å². The maximum atomic E-state index is 13.3. The van der Waals surface area contributed by atoms with E-state index < -0.39 is 11.9 Å². The number of hydrogen-bond acceptors (Lipinski definition) is 9. The molecule has 0 aliphatic carbocycles. The molecule has 10 heteroatoms. The Morgan fingerprint density at radius 3 is 2.70 bits per heavy atom. The Hall–Kier alpha value is -3.79. The molecule has 0 spiro atoms. The van der Waals surface area contributed by atoms with Gasteiger partial charge in [-0.2, -0.15) is 0 Å². The minimum atomic E-state index is -0.526. The van der Waals surface area contributed by atoms with Crippen molar-refractivity contribution in [3.63, 3.8) is 0 Å². The molecule has 33 heavy (non-hydrogen) atoms. The molecule has 0 aliphatic heterocycles. The number of carbonyl (C=O) groups excluding carboxylic acids is 2. The number of carbonyl (C=O) groups is 2. The lowest BCUT2D eigenvalue weighted by Crippen LogP contribution is -2.24. The predicted octanol–water partition coefficient (Wildman–Crippen LogP) is 3.89. The normalized spacial score (nSPS) is 11.0. The summed E-state index contributed by atoms with van der Waals surface area (Å²) in [6.07, 6.45) is 2.94. The number of esters is 2. The second-order valence-electron chi connectivity index (χ2n) is 6.86. The summed E-state index contributed by atoms with van der Waals surface area (Å²) in [5, 5.41) is 0.723. The molecule has 170 valence electrons. The molecule has 4 aromatic rings. The van der Waals surface area contributed by atoms with E-state index in [1.807, 2.05) is 0 Å². The van der Waals surface area contributed by atoms with Crippen LogP contribution in [-0.2, 0) is 21.8 Å². The van der Waals surface area contributed by atoms with Crippen LogP contribution in [0.5, 0.6) is 0 Å². The van der Waals surface area contributed by atoms with E-state index in [4.69, 9.17) is 18.3 Å². The van der Waals surface area contributed by atoms with Crippen molar-refractivity contribution in [3.05, 3.63) is 81.9 Å². The fraction of sp³-hybridized carbons (Fsp3) is 0.217. The van der Waals surface area contributed by atoms with Crippen molar-refractivity contribution in [1.82, 2.24) is 9.55 Å². The number of thioether (sulfide) groups is 1. The molecular formula is C23H20N2O7S. The number of nitrogens with zero attached hydrogens (tertiary/aromatic N) is 2. The van der Waals surface area contributed by atoms with Crippen LogP contribution in [0.4, 0.5) is 0 Å². The summed E-state index contributed by atoms with van der Waals surface area (Å²) >= 11 is 1.22. The van der Waals surface area contributed by atoms with Crippen LogP contribution in [0.2, 0.25) is 0 Å². The first-order valence-corrected chi connectivity index (χ1v) is 11.0. The van der Waals surface area contributed by atoms with Crippen molar-refractivity contribution >= 4 is 34.6 Å². The third-order valence-corrected chi connectivity index (χ3v) is 5.78. The van der Waals surface area contributed by atoms with Gasteiger partial charge in [0.25, 0.3) is 5.56 Å². The molecular weight excluding hydrogens is 448 g/mol. The minimum Gasteiger partial charge on any atom is -0.468 e. The van der Waals surface area contributed by atoms with Gasteiger partial charge >= 0.3 is 11.9 Å². The highest BCUT2D eigenvalue weighted by molar-refractivity contribution is 7.98. The number of hydrogen-bond donors (Lipinski definition) is 0. The molecule has 0 aliphatic rings. The second kappa shape index (κ2) is 9.78. The summed E-state index contributed by atoms with van der Waals surface area (Å²) in [5.74, 6) is 0.206. The lowest BCUT2D eigenvalue weighted by Gasteiger charge is -2.12. The van der Waals surface area contributed by atoms with Crippen LogP contribution in [0.1, 0.15) is 39.2 Å². The van der Waals surface area contributed by atoms with E-state index in [9.17, 15) is 14.4 Å². The average Bonchev–Trinajstić information content (AvgIpc) is 3.51. The largest absolute Gasteiger partial charge is 0.468 e. The number of methoxy groups -OCH3 is 1. The van der Waals surface area contributed by atoms with E-state index >= 15 is 0 Å². The highest BCUT2D eigenvalue weighted by atomic mass is 32.2. The van der Waals surface area contributed by atoms with Crippen LogP contribution >= 0.6 is 11.8 Å². The first-order valence-electron chi connectivity index (χ1n) is 10.0. The predicted molar refractivity (Wildman–Crippen MR) is 119 cm³/mol. The fourth-order valence-electron chi connectivity index (χ4n) is 3.23. The van der Waals surface area contributed by atoms with Crippen LogP contribution in [0, 0.1) is 0 Å². The molecule has 0 N–H and O–H groups in total. The van der Waals surface area contributed by atoms with Gasteiger partial charge in [-0.1, -0.05) is 11.8 Å². The number of aromatic nitrogens is 2. The Morgan fingerprint density at radius 2 is 1.97 bits per heavy atom. The van der Waals surface area contributed by atoms with Crippen LogP contribution < -0.4 is 5.56 Å². The molecule has 3 aromatic heterocycles. The first kappa shape index (κ1) is 22.4. The fourth-order valence-corrected chi connectivity index (χ4v) is 4.18. The van der Waals surface area contributed by atoms with Crippen LogP contribution in [0.25, 0.3) is 10.9 Å². The zero-order valence-corrected chi connectivity index (χ0v) is 18.7. The van der Waals surface area contributed by atoms with Crippen molar-refractivity contribution in [1.29, 1.82) is 0 Å². The van der Waals surface area contributed by atoms with Gasteiger partial charge in [-0.3, -0.25) is 9.36 Å². The lowest BCUT2D eigenvalue weighted by atomic mass is 10.1. The summed E-state index contributed by atoms with van der Waals surface area (Å²) in [4.78, 5) is 42.0. The third kappa shape index (κ3) is 4.70. The Kier molecular flexibility index (Phi) is 6.64. The number of benzene rings is 1. The summed E-state index contributed by atoms with van der Waals surface area (Å²) in [7, 11) is 1.28. The molecule has 0 unspecified atom stereocenters. The number of fused-ring (bicyclic) bond motifs is 1. The second-order valence-corrected chi connectivity index (χ2v) is 7.80. The maximum absolute atomic E-state index is 13.3. The summed E-state index contributed by atoms with van der Waals surface area (Å²) in [5.41, 5.74) is 0.664. The zero-order valence-electron chi connectivity index (χ0n) is 17.9. The third-order valence-electron chi connectivity index (χ3n) is 4.81. The van der Waals surface area contributed by atoms with Gasteiger partial charge in [0.2, 0.25) is 0 Å². The molecule has 3 heterocycles. The molecule has 0 saturated carbocycles. The zero-order chi connectivity index (χ0) is 23.4. The Labute approximate surface area is 192 Å². The minimum absolute atomic E-state index is 0.165. The SMILES string of the molecule is CCOC(=O)c1ccoc1CSc1nc2cc(C(=O)OC)ccc2c(=O)n1Cc1ccco1. The smallest absolute Gasteiger partial charge is 0.341 e. The maximum Gasteiger partial charge on any atom is 0.341 e. The molecule has 0 amide bonds. The number of ether oxygens (including phenoxy) is 2. The molecule has 1 aromatic carbocycles. The molecule has 4 rings (SSSR count). The monoisotopic (exact) mass is 468 g/mol. The van der Waals surface area contributed by atoms with Crippen LogP contribution in [0.3, 0.4) is 0 Å². The van der Waals surface area contributed by atoms with Crippen LogP contribution in [0.15, 0.2) is 67.7 Å². The van der Waals surface area contributed by atoms with E-state index in [-0.39, 0.29) is 30.0 Å².